The first-order valence-electron chi connectivity index (χ1n) is 9.79. The van der Waals surface area contributed by atoms with Crippen LogP contribution in [0.4, 0.5) is 11.4 Å². The van der Waals surface area contributed by atoms with E-state index in [2.05, 4.69) is 4.99 Å². The van der Waals surface area contributed by atoms with E-state index >= 15 is 0 Å². The minimum atomic E-state index is -0.914. The lowest BCUT2D eigenvalue weighted by atomic mass is 10.1. The van der Waals surface area contributed by atoms with Gasteiger partial charge in [-0.25, -0.2) is 0 Å². The molecule has 1 aromatic heterocycles. The van der Waals surface area contributed by atoms with E-state index in [1.807, 2.05) is 0 Å². The van der Waals surface area contributed by atoms with Crippen molar-refractivity contribution in [3.63, 3.8) is 0 Å². The fourth-order valence-electron chi connectivity index (χ4n) is 3.29. The summed E-state index contributed by atoms with van der Waals surface area (Å²) in [6.45, 7) is 0.868. The number of nitro benzene ring substituents is 2. The van der Waals surface area contributed by atoms with Crippen LogP contribution in [-0.4, -0.2) is 46.6 Å². The quantitative estimate of drug-likeness (QED) is 0.288. The minimum absolute atomic E-state index is 0.0135. The Morgan fingerprint density at radius 2 is 1.68 bits per heavy atom. The number of nitro groups is 2. The van der Waals surface area contributed by atoms with Crippen LogP contribution in [0.5, 0.6) is 11.5 Å². The van der Waals surface area contributed by atoms with Crippen LogP contribution in [0, 0.1) is 20.2 Å². The van der Waals surface area contributed by atoms with E-state index in [9.17, 15) is 29.8 Å². The molecular weight excluding hydrogens is 472 g/mol. The molecule has 3 aromatic rings. The summed E-state index contributed by atoms with van der Waals surface area (Å²) in [5.74, 6) is -0.374. The maximum atomic E-state index is 12.9. The van der Waals surface area contributed by atoms with Gasteiger partial charge in [-0.15, -0.1) is 0 Å². The molecule has 0 saturated heterocycles. The Bertz CT molecular complexity index is 1380. The summed E-state index contributed by atoms with van der Waals surface area (Å²) in [6.07, 6.45) is -0.0135. The number of thiazole rings is 1. The van der Waals surface area contributed by atoms with Crippen LogP contribution >= 0.6 is 11.3 Å². The number of aromatic nitrogens is 1. The topological polar surface area (TPSA) is 165 Å². The molecule has 1 amide bonds. The lowest BCUT2D eigenvalue weighted by Crippen LogP contribution is -2.19. The third-order valence-electron chi connectivity index (χ3n) is 4.88. The number of nitrogens with zero attached hydrogens (tertiary/aromatic N) is 4. The number of aryl methyl sites for hydroxylation is 1. The summed E-state index contributed by atoms with van der Waals surface area (Å²) in [4.78, 5) is 49.5. The monoisotopic (exact) mass is 488 g/mol. The van der Waals surface area contributed by atoms with Crippen molar-refractivity contribution >= 4 is 44.8 Å². The van der Waals surface area contributed by atoms with Crippen LogP contribution in [0.1, 0.15) is 16.8 Å². The molecule has 0 spiro atoms. The highest BCUT2D eigenvalue weighted by Crippen LogP contribution is 2.35. The van der Waals surface area contributed by atoms with Crippen LogP contribution in [0.3, 0.4) is 0 Å². The molecule has 0 fully saturated rings. The third kappa shape index (κ3) is 4.56. The Hall–Kier alpha value is -4.33. The van der Waals surface area contributed by atoms with Crippen molar-refractivity contribution in [1.29, 1.82) is 0 Å². The second-order valence-electron chi connectivity index (χ2n) is 7.00. The van der Waals surface area contributed by atoms with E-state index < -0.39 is 33.1 Å². The zero-order valence-corrected chi connectivity index (χ0v) is 18.4. The Kier molecular flexibility index (Phi) is 6.23. The number of fused-ring (bicyclic) bond motifs is 2. The maximum absolute atomic E-state index is 12.9. The molecule has 2 aromatic carbocycles. The molecule has 4 rings (SSSR count). The smallest absolute Gasteiger partial charge is 0.307 e. The fraction of sp³-hybridized carbons (Fsp3) is 0.250. The van der Waals surface area contributed by atoms with Gasteiger partial charge < -0.3 is 18.8 Å². The highest BCUT2D eigenvalue weighted by atomic mass is 32.1. The predicted octanol–water partition coefficient (Wildman–Crippen LogP) is 2.59. The number of hydrogen-bond acceptors (Lipinski definition) is 10. The molecule has 1 aliphatic rings. The van der Waals surface area contributed by atoms with Gasteiger partial charge >= 0.3 is 5.97 Å². The molecule has 34 heavy (non-hydrogen) atoms. The van der Waals surface area contributed by atoms with Crippen LogP contribution < -0.4 is 14.3 Å². The molecule has 176 valence electrons. The number of non-ortho nitro benzene ring substituents is 2. The second-order valence-corrected chi connectivity index (χ2v) is 8.00. The first-order chi connectivity index (χ1) is 16.3. The van der Waals surface area contributed by atoms with Crippen LogP contribution in [0.25, 0.3) is 10.2 Å². The molecule has 1 aliphatic heterocycles. The summed E-state index contributed by atoms with van der Waals surface area (Å²) in [5.41, 5.74) is -0.909. The SMILES string of the molecule is COC(=O)CCn1c(=NC(=O)c2cc([N+](=O)[O-])cc([N+](=O)[O-])c2)sc2cc3c(cc21)OCCO3. The Morgan fingerprint density at radius 1 is 1.06 bits per heavy atom. The number of methoxy groups -OCH3 is 1. The number of rotatable bonds is 6. The number of carbonyl (C=O) groups excluding carboxylic acids is 2. The second kappa shape index (κ2) is 9.27. The van der Waals surface area contributed by atoms with Crippen LogP contribution in [0.15, 0.2) is 35.3 Å². The van der Waals surface area contributed by atoms with Crippen molar-refractivity contribution in [2.24, 2.45) is 4.99 Å². The minimum Gasteiger partial charge on any atom is -0.486 e. The lowest BCUT2D eigenvalue weighted by Gasteiger charge is -2.18. The number of ether oxygens (including phenoxy) is 3. The van der Waals surface area contributed by atoms with Crippen molar-refractivity contribution in [2.45, 2.75) is 13.0 Å². The number of hydrogen-bond donors (Lipinski definition) is 0. The van der Waals surface area contributed by atoms with E-state index in [-0.39, 0.29) is 23.3 Å². The van der Waals surface area contributed by atoms with E-state index in [1.165, 1.54) is 7.11 Å². The highest BCUT2D eigenvalue weighted by molar-refractivity contribution is 7.16. The van der Waals surface area contributed by atoms with Gasteiger partial charge in [0.15, 0.2) is 16.3 Å². The molecule has 0 N–H and O–H groups in total. The maximum Gasteiger partial charge on any atom is 0.307 e. The molecule has 0 saturated carbocycles. The van der Waals surface area contributed by atoms with Gasteiger partial charge in [0, 0.05) is 30.8 Å². The third-order valence-corrected chi connectivity index (χ3v) is 5.92. The molecule has 13 nitrogen and oxygen atoms in total. The first kappa shape index (κ1) is 22.8. The molecule has 0 aliphatic carbocycles. The summed E-state index contributed by atoms with van der Waals surface area (Å²) in [7, 11) is 1.25. The van der Waals surface area contributed by atoms with Gasteiger partial charge in [-0.1, -0.05) is 11.3 Å². The predicted molar refractivity (Wildman–Crippen MR) is 117 cm³/mol. The highest BCUT2D eigenvalue weighted by Gasteiger charge is 2.21. The van der Waals surface area contributed by atoms with Gasteiger partial charge in [0.1, 0.15) is 13.2 Å². The standard InChI is InChI=1S/C20H16N4O9S/c1-31-18(25)2-3-22-14-9-15-16(33-5-4-32-15)10-17(14)34-20(22)21-19(26)11-6-12(23(27)28)8-13(7-11)24(29)30/h6-10H,2-5H2,1H3. The Balaban J connectivity index is 1.84. The van der Waals surface area contributed by atoms with Gasteiger partial charge in [0.05, 0.1) is 45.2 Å². The molecule has 0 radical (unpaired) electrons. The van der Waals surface area contributed by atoms with Crippen LogP contribution in [-0.2, 0) is 16.1 Å². The zero-order valence-electron chi connectivity index (χ0n) is 17.6. The molecule has 14 heteroatoms. The molecule has 0 unspecified atom stereocenters. The number of benzene rings is 2. The summed E-state index contributed by atoms with van der Waals surface area (Å²) >= 11 is 1.12. The van der Waals surface area contributed by atoms with Crippen molar-refractivity contribution < 1.29 is 33.6 Å². The van der Waals surface area contributed by atoms with E-state index in [0.29, 0.717) is 34.9 Å². The normalized spacial score (nSPS) is 13.0. The molecule has 2 heterocycles. The molecular formula is C20H16N4O9S. The van der Waals surface area contributed by atoms with Crippen molar-refractivity contribution in [3.05, 3.63) is 60.9 Å². The summed E-state index contributed by atoms with van der Waals surface area (Å²) in [6, 6.07) is 6.04. The van der Waals surface area contributed by atoms with E-state index in [4.69, 9.17) is 14.2 Å². The lowest BCUT2D eigenvalue weighted by molar-refractivity contribution is -0.394. The van der Waals surface area contributed by atoms with Gasteiger partial charge in [0.25, 0.3) is 17.3 Å². The van der Waals surface area contributed by atoms with Crippen molar-refractivity contribution in [2.75, 3.05) is 20.3 Å². The van der Waals surface area contributed by atoms with Crippen LogP contribution in [0.2, 0.25) is 0 Å². The average molecular weight is 488 g/mol. The summed E-state index contributed by atoms with van der Waals surface area (Å²) < 4.78 is 18.2. The number of amides is 1. The van der Waals surface area contributed by atoms with Gasteiger partial charge in [-0.05, 0) is 0 Å². The van der Waals surface area contributed by atoms with E-state index in [1.54, 1.807) is 16.7 Å². The number of esters is 1. The Morgan fingerprint density at radius 3 is 2.26 bits per heavy atom. The van der Waals surface area contributed by atoms with E-state index in [0.717, 1.165) is 29.5 Å². The van der Waals surface area contributed by atoms with Crippen molar-refractivity contribution in [1.82, 2.24) is 4.57 Å². The zero-order chi connectivity index (χ0) is 24.4. The largest absolute Gasteiger partial charge is 0.486 e. The average Bonchev–Trinajstić information content (AvgIpc) is 3.15. The molecule has 0 bridgehead atoms. The van der Waals surface area contributed by atoms with Gasteiger partial charge in [-0.3, -0.25) is 29.8 Å². The van der Waals surface area contributed by atoms with Gasteiger partial charge in [-0.2, -0.15) is 4.99 Å². The first-order valence-corrected chi connectivity index (χ1v) is 10.6. The fourth-order valence-corrected chi connectivity index (χ4v) is 4.36. The molecule has 0 atom stereocenters. The summed E-state index contributed by atoms with van der Waals surface area (Å²) in [5, 5.41) is 22.3. The van der Waals surface area contributed by atoms with Crippen molar-refractivity contribution in [3.8, 4) is 11.5 Å². The number of carbonyl (C=O) groups is 2. The van der Waals surface area contributed by atoms with Gasteiger partial charge in [0.2, 0.25) is 0 Å². The Labute approximate surface area is 194 Å².